The molecule has 2 N–H and O–H groups in total. The van der Waals surface area contributed by atoms with Crippen molar-refractivity contribution in [3.05, 3.63) is 0 Å². The molecule has 13 heavy (non-hydrogen) atoms. The van der Waals surface area contributed by atoms with Crippen LogP contribution in [0.15, 0.2) is 0 Å². The van der Waals surface area contributed by atoms with E-state index in [4.69, 9.17) is 5.73 Å². The Hall–Kier alpha value is -0.0400. The van der Waals surface area contributed by atoms with E-state index >= 15 is 0 Å². The van der Waals surface area contributed by atoms with E-state index in [-0.39, 0.29) is 0 Å². The van der Waals surface area contributed by atoms with Crippen molar-refractivity contribution in [2.45, 2.75) is 58.4 Å². The van der Waals surface area contributed by atoms with Crippen molar-refractivity contribution < 1.29 is 0 Å². The molecule has 0 amide bonds. The summed E-state index contributed by atoms with van der Waals surface area (Å²) in [7, 11) is 0. The van der Waals surface area contributed by atoms with Gasteiger partial charge in [0.15, 0.2) is 0 Å². The summed E-state index contributed by atoms with van der Waals surface area (Å²) >= 11 is 0. The Kier molecular flexibility index (Phi) is 2.39. The van der Waals surface area contributed by atoms with Gasteiger partial charge >= 0.3 is 0 Å². The van der Waals surface area contributed by atoms with E-state index in [1.807, 2.05) is 0 Å². The molecular formula is C12H23N. The SMILES string of the molecule is CC1(C)CCCCC1C(N)C1CC1. The van der Waals surface area contributed by atoms with Gasteiger partial charge in [-0.15, -0.1) is 0 Å². The minimum Gasteiger partial charge on any atom is -0.327 e. The zero-order valence-corrected chi connectivity index (χ0v) is 9.05. The van der Waals surface area contributed by atoms with Gasteiger partial charge < -0.3 is 5.73 Å². The summed E-state index contributed by atoms with van der Waals surface area (Å²) in [6, 6.07) is 0.510. The summed E-state index contributed by atoms with van der Waals surface area (Å²) in [6.07, 6.45) is 8.39. The highest BCUT2D eigenvalue weighted by Gasteiger charge is 2.41. The summed E-state index contributed by atoms with van der Waals surface area (Å²) in [5.41, 5.74) is 6.84. The van der Waals surface area contributed by atoms with Crippen molar-refractivity contribution in [3.63, 3.8) is 0 Å². The lowest BCUT2D eigenvalue weighted by Gasteiger charge is -2.42. The first kappa shape index (κ1) is 9.51. The Bertz CT molecular complexity index is 182. The van der Waals surface area contributed by atoms with Crippen molar-refractivity contribution in [2.24, 2.45) is 23.0 Å². The molecule has 76 valence electrons. The van der Waals surface area contributed by atoms with Gasteiger partial charge in [-0.1, -0.05) is 26.7 Å². The second kappa shape index (κ2) is 3.27. The predicted molar refractivity (Wildman–Crippen MR) is 56.4 cm³/mol. The third-order valence-corrected chi connectivity index (χ3v) is 4.22. The van der Waals surface area contributed by atoms with Crippen LogP contribution in [0.25, 0.3) is 0 Å². The molecule has 2 rings (SSSR count). The third-order valence-electron chi connectivity index (χ3n) is 4.22. The van der Waals surface area contributed by atoms with Crippen molar-refractivity contribution in [2.75, 3.05) is 0 Å². The Labute approximate surface area is 82.1 Å². The normalized spacial score (nSPS) is 35.8. The maximum atomic E-state index is 6.33. The van der Waals surface area contributed by atoms with Gasteiger partial charge in [0.25, 0.3) is 0 Å². The van der Waals surface area contributed by atoms with Gasteiger partial charge in [0.2, 0.25) is 0 Å². The van der Waals surface area contributed by atoms with Crippen LogP contribution >= 0.6 is 0 Å². The van der Waals surface area contributed by atoms with Gasteiger partial charge in [0, 0.05) is 6.04 Å². The fraction of sp³-hybridized carbons (Fsp3) is 1.00. The quantitative estimate of drug-likeness (QED) is 0.696. The molecule has 0 radical (unpaired) electrons. The lowest BCUT2D eigenvalue weighted by atomic mass is 9.65. The summed E-state index contributed by atoms with van der Waals surface area (Å²) in [5, 5.41) is 0. The molecule has 0 aromatic heterocycles. The Morgan fingerprint density at radius 3 is 2.38 bits per heavy atom. The predicted octanol–water partition coefficient (Wildman–Crippen LogP) is 2.94. The van der Waals surface area contributed by atoms with Crippen molar-refractivity contribution >= 4 is 0 Å². The van der Waals surface area contributed by atoms with Crippen molar-refractivity contribution in [3.8, 4) is 0 Å². The fourth-order valence-electron chi connectivity index (χ4n) is 3.04. The van der Waals surface area contributed by atoms with E-state index in [9.17, 15) is 0 Å². The molecule has 1 nitrogen and oxygen atoms in total. The average molecular weight is 181 g/mol. The number of nitrogens with two attached hydrogens (primary N) is 1. The molecule has 2 saturated carbocycles. The topological polar surface area (TPSA) is 26.0 Å². The van der Waals surface area contributed by atoms with Crippen LogP contribution in [-0.2, 0) is 0 Å². The molecule has 2 atom stereocenters. The van der Waals surface area contributed by atoms with E-state index in [0.29, 0.717) is 11.5 Å². The van der Waals surface area contributed by atoms with Crippen LogP contribution in [0.4, 0.5) is 0 Å². The second-order valence-corrected chi connectivity index (χ2v) is 5.76. The van der Waals surface area contributed by atoms with Gasteiger partial charge in [0.1, 0.15) is 0 Å². The molecule has 0 saturated heterocycles. The van der Waals surface area contributed by atoms with E-state index in [1.165, 1.54) is 38.5 Å². The highest BCUT2D eigenvalue weighted by atomic mass is 14.7. The highest BCUT2D eigenvalue weighted by molar-refractivity contribution is 4.95. The van der Waals surface area contributed by atoms with Gasteiger partial charge in [-0.25, -0.2) is 0 Å². The monoisotopic (exact) mass is 181 g/mol. The lowest BCUT2D eigenvalue weighted by molar-refractivity contribution is 0.105. The minimum atomic E-state index is 0.510. The molecule has 0 aromatic carbocycles. The molecule has 2 fully saturated rings. The van der Waals surface area contributed by atoms with Crippen LogP contribution in [0.5, 0.6) is 0 Å². The van der Waals surface area contributed by atoms with Crippen molar-refractivity contribution in [1.29, 1.82) is 0 Å². The zero-order chi connectivity index (χ0) is 9.47. The maximum absolute atomic E-state index is 6.33. The van der Waals surface area contributed by atoms with E-state index in [0.717, 1.165) is 11.8 Å². The van der Waals surface area contributed by atoms with Crippen LogP contribution in [-0.4, -0.2) is 6.04 Å². The lowest BCUT2D eigenvalue weighted by Crippen LogP contribution is -2.42. The second-order valence-electron chi connectivity index (χ2n) is 5.76. The van der Waals surface area contributed by atoms with Crippen molar-refractivity contribution in [1.82, 2.24) is 0 Å². The van der Waals surface area contributed by atoms with Gasteiger partial charge in [-0.05, 0) is 42.9 Å². The third kappa shape index (κ3) is 1.90. The standard InChI is InChI=1S/C12H23N/c1-12(2)8-4-3-5-10(12)11(13)9-6-7-9/h9-11H,3-8,13H2,1-2H3. The van der Waals surface area contributed by atoms with Gasteiger partial charge in [-0.2, -0.15) is 0 Å². The number of hydrogen-bond donors (Lipinski definition) is 1. The highest BCUT2D eigenvalue weighted by Crippen LogP contribution is 2.47. The smallest absolute Gasteiger partial charge is 0.0101 e. The summed E-state index contributed by atoms with van der Waals surface area (Å²) in [5.74, 6) is 1.68. The minimum absolute atomic E-state index is 0.510. The average Bonchev–Trinajstić information content (AvgIpc) is 2.84. The Balaban J connectivity index is 2.01. The van der Waals surface area contributed by atoms with E-state index in [2.05, 4.69) is 13.8 Å². The molecular weight excluding hydrogens is 158 g/mol. The number of rotatable bonds is 2. The zero-order valence-electron chi connectivity index (χ0n) is 9.05. The first-order valence-electron chi connectivity index (χ1n) is 5.87. The van der Waals surface area contributed by atoms with Crippen LogP contribution in [0, 0.1) is 17.3 Å². The van der Waals surface area contributed by atoms with E-state index in [1.54, 1.807) is 0 Å². The molecule has 2 unspecified atom stereocenters. The van der Waals surface area contributed by atoms with Crippen LogP contribution < -0.4 is 5.73 Å². The molecule has 2 aliphatic rings. The molecule has 0 aromatic rings. The molecule has 0 heterocycles. The molecule has 0 aliphatic heterocycles. The Morgan fingerprint density at radius 2 is 1.85 bits per heavy atom. The van der Waals surface area contributed by atoms with Gasteiger partial charge in [-0.3, -0.25) is 0 Å². The first-order chi connectivity index (χ1) is 6.11. The summed E-state index contributed by atoms with van der Waals surface area (Å²) in [6.45, 7) is 4.83. The first-order valence-corrected chi connectivity index (χ1v) is 5.87. The molecule has 0 spiro atoms. The van der Waals surface area contributed by atoms with Crippen LogP contribution in [0.3, 0.4) is 0 Å². The van der Waals surface area contributed by atoms with E-state index < -0.39 is 0 Å². The molecule has 0 bridgehead atoms. The molecule has 2 aliphatic carbocycles. The number of hydrogen-bond acceptors (Lipinski definition) is 1. The van der Waals surface area contributed by atoms with Gasteiger partial charge in [0.05, 0.1) is 0 Å². The van der Waals surface area contributed by atoms with Crippen LogP contribution in [0.2, 0.25) is 0 Å². The van der Waals surface area contributed by atoms with Crippen LogP contribution in [0.1, 0.15) is 52.4 Å². The Morgan fingerprint density at radius 1 is 1.15 bits per heavy atom. The summed E-state index contributed by atoms with van der Waals surface area (Å²) in [4.78, 5) is 0. The molecule has 1 heteroatoms. The fourth-order valence-corrected chi connectivity index (χ4v) is 3.04. The summed E-state index contributed by atoms with van der Waals surface area (Å²) < 4.78 is 0. The largest absolute Gasteiger partial charge is 0.327 e. The maximum Gasteiger partial charge on any atom is 0.0101 e.